The molecule has 0 atom stereocenters. The Labute approximate surface area is 109 Å². The first-order valence-electron chi connectivity index (χ1n) is 5.37. The zero-order valence-electron chi connectivity index (χ0n) is 9.84. The van der Waals surface area contributed by atoms with E-state index in [-0.39, 0.29) is 18.0 Å². The van der Waals surface area contributed by atoms with Crippen molar-refractivity contribution in [2.75, 3.05) is 11.9 Å². The number of nitrogens with two attached hydrogens (primary N) is 1. The molecule has 1 heterocycles. The summed E-state index contributed by atoms with van der Waals surface area (Å²) < 4.78 is 35.8. The predicted molar refractivity (Wildman–Crippen MR) is 68.6 cm³/mol. The van der Waals surface area contributed by atoms with E-state index in [1.54, 1.807) is 19.1 Å². The lowest BCUT2D eigenvalue weighted by molar-refractivity contribution is -0.134. The van der Waals surface area contributed by atoms with Crippen LogP contribution >= 0.6 is 12.2 Å². The van der Waals surface area contributed by atoms with Crippen LogP contribution in [0.15, 0.2) is 12.1 Å². The first-order chi connectivity index (χ1) is 8.28. The molecule has 100 valence electrons. The third-order valence-corrected chi connectivity index (χ3v) is 2.42. The SMILES string of the molecule is Cc1cc(C(N)=S)cc(NCCCC(F)(F)F)n1. The van der Waals surface area contributed by atoms with Crippen LogP contribution in [0.3, 0.4) is 0 Å². The molecule has 0 saturated heterocycles. The maximum absolute atomic E-state index is 11.9. The van der Waals surface area contributed by atoms with Gasteiger partial charge in [0.2, 0.25) is 0 Å². The first kappa shape index (κ1) is 14.7. The molecule has 0 aliphatic carbocycles. The quantitative estimate of drug-likeness (QED) is 0.642. The number of pyridine rings is 1. The maximum Gasteiger partial charge on any atom is 0.389 e. The van der Waals surface area contributed by atoms with E-state index in [1.807, 2.05) is 0 Å². The molecule has 1 aromatic heterocycles. The van der Waals surface area contributed by atoms with Gasteiger partial charge in [-0.05, 0) is 25.5 Å². The summed E-state index contributed by atoms with van der Waals surface area (Å²) in [5, 5.41) is 2.83. The second-order valence-electron chi connectivity index (χ2n) is 3.89. The minimum Gasteiger partial charge on any atom is -0.389 e. The van der Waals surface area contributed by atoms with Gasteiger partial charge >= 0.3 is 6.18 Å². The van der Waals surface area contributed by atoms with Crippen molar-refractivity contribution in [1.82, 2.24) is 4.98 Å². The van der Waals surface area contributed by atoms with Crippen molar-refractivity contribution in [3.63, 3.8) is 0 Å². The van der Waals surface area contributed by atoms with Crippen LogP contribution in [-0.4, -0.2) is 22.7 Å². The molecule has 0 amide bonds. The number of nitrogens with zero attached hydrogens (tertiary/aromatic N) is 1. The van der Waals surface area contributed by atoms with Crippen molar-refractivity contribution < 1.29 is 13.2 Å². The summed E-state index contributed by atoms with van der Waals surface area (Å²) in [6.07, 6.45) is -4.93. The highest BCUT2D eigenvalue weighted by atomic mass is 32.1. The van der Waals surface area contributed by atoms with E-state index in [4.69, 9.17) is 18.0 Å². The summed E-state index contributed by atoms with van der Waals surface area (Å²) >= 11 is 4.84. The van der Waals surface area contributed by atoms with Crippen LogP contribution in [0.1, 0.15) is 24.1 Å². The summed E-state index contributed by atoms with van der Waals surface area (Å²) in [6, 6.07) is 3.35. The largest absolute Gasteiger partial charge is 0.389 e. The molecule has 0 aliphatic heterocycles. The summed E-state index contributed by atoms with van der Waals surface area (Å²) in [5.74, 6) is 0.486. The molecule has 0 unspecified atom stereocenters. The maximum atomic E-state index is 11.9. The van der Waals surface area contributed by atoms with Gasteiger partial charge in [-0.15, -0.1) is 0 Å². The number of anilines is 1. The van der Waals surface area contributed by atoms with Gasteiger partial charge in [0.1, 0.15) is 10.8 Å². The smallest absolute Gasteiger partial charge is 0.389 e. The number of hydrogen-bond acceptors (Lipinski definition) is 3. The molecule has 3 N–H and O–H groups in total. The molecule has 18 heavy (non-hydrogen) atoms. The zero-order valence-corrected chi connectivity index (χ0v) is 10.7. The second-order valence-corrected chi connectivity index (χ2v) is 4.33. The van der Waals surface area contributed by atoms with Crippen LogP contribution in [0.4, 0.5) is 19.0 Å². The van der Waals surface area contributed by atoms with E-state index in [0.717, 1.165) is 0 Å². The van der Waals surface area contributed by atoms with Crippen molar-refractivity contribution in [3.05, 3.63) is 23.4 Å². The fourth-order valence-electron chi connectivity index (χ4n) is 1.41. The van der Waals surface area contributed by atoms with Gasteiger partial charge in [0.25, 0.3) is 0 Å². The third-order valence-electron chi connectivity index (χ3n) is 2.18. The van der Waals surface area contributed by atoms with E-state index in [9.17, 15) is 13.2 Å². The Morgan fingerprint density at radius 2 is 2.11 bits per heavy atom. The van der Waals surface area contributed by atoms with Gasteiger partial charge in [0.15, 0.2) is 0 Å². The number of halogens is 3. The highest BCUT2D eigenvalue weighted by Crippen LogP contribution is 2.21. The molecule has 0 bridgehead atoms. The molecule has 0 fully saturated rings. The van der Waals surface area contributed by atoms with Crippen LogP contribution in [-0.2, 0) is 0 Å². The number of hydrogen-bond donors (Lipinski definition) is 2. The highest BCUT2D eigenvalue weighted by Gasteiger charge is 2.25. The van der Waals surface area contributed by atoms with E-state index in [2.05, 4.69) is 10.3 Å². The van der Waals surface area contributed by atoms with E-state index < -0.39 is 12.6 Å². The van der Waals surface area contributed by atoms with Crippen LogP contribution in [0.25, 0.3) is 0 Å². The van der Waals surface area contributed by atoms with Crippen LogP contribution in [0.5, 0.6) is 0 Å². The van der Waals surface area contributed by atoms with Crippen LogP contribution < -0.4 is 11.1 Å². The van der Waals surface area contributed by atoms with Crippen molar-refractivity contribution in [3.8, 4) is 0 Å². The summed E-state index contributed by atoms with van der Waals surface area (Å²) in [6.45, 7) is 1.97. The summed E-state index contributed by atoms with van der Waals surface area (Å²) in [7, 11) is 0. The number of aromatic nitrogens is 1. The van der Waals surface area contributed by atoms with Crippen molar-refractivity contribution in [2.45, 2.75) is 25.9 Å². The summed E-state index contributed by atoms with van der Waals surface area (Å²) in [5.41, 5.74) is 6.85. The predicted octanol–water partition coefficient (Wildman–Crippen LogP) is 2.78. The Bertz CT molecular complexity index is 432. The first-order valence-corrected chi connectivity index (χ1v) is 5.78. The minimum absolute atomic E-state index is 0.00151. The van der Waals surface area contributed by atoms with Gasteiger partial charge < -0.3 is 11.1 Å². The molecule has 0 aliphatic rings. The fraction of sp³-hybridized carbons (Fsp3) is 0.455. The number of nitrogens with one attached hydrogen (secondary N) is 1. The Kier molecular flexibility index (Phi) is 4.89. The monoisotopic (exact) mass is 277 g/mol. The number of thiocarbonyl (C=S) groups is 1. The standard InChI is InChI=1S/C11H14F3N3S/c1-7-5-8(10(15)18)6-9(17-7)16-4-2-3-11(12,13)14/h5-6H,2-4H2,1H3,(H2,15,18)(H,16,17). The van der Waals surface area contributed by atoms with Crippen molar-refractivity contribution in [2.24, 2.45) is 5.73 Å². The van der Waals surface area contributed by atoms with Gasteiger partial charge in [0, 0.05) is 24.2 Å². The third kappa shape index (κ3) is 5.31. The van der Waals surface area contributed by atoms with Gasteiger partial charge in [-0.1, -0.05) is 12.2 Å². The zero-order chi connectivity index (χ0) is 13.8. The Morgan fingerprint density at radius 3 is 2.67 bits per heavy atom. The van der Waals surface area contributed by atoms with E-state index >= 15 is 0 Å². The minimum atomic E-state index is -4.12. The molecular formula is C11H14F3N3S. The van der Waals surface area contributed by atoms with Gasteiger partial charge in [-0.2, -0.15) is 13.2 Å². The second kappa shape index (κ2) is 5.99. The van der Waals surface area contributed by atoms with Gasteiger partial charge in [0.05, 0.1) is 0 Å². The lowest BCUT2D eigenvalue weighted by atomic mass is 10.2. The molecule has 0 spiro atoms. The molecule has 3 nitrogen and oxygen atoms in total. The summed E-state index contributed by atoms with van der Waals surface area (Å²) in [4.78, 5) is 4.38. The van der Waals surface area contributed by atoms with Gasteiger partial charge in [-0.3, -0.25) is 0 Å². The Balaban J connectivity index is 2.55. The molecule has 0 radical (unpaired) electrons. The Hall–Kier alpha value is -1.37. The molecular weight excluding hydrogens is 263 g/mol. The average Bonchev–Trinajstić information content (AvgIpc) is 2.22. The highest BCUT2D eigenvalue weighted by molar-refractivity contribution is 7.80. The average molecular weight is 277 g/mol. The molecule has 1 rings (SSSR count). The fourth-order valence-corrected chi connectivity index (χ4v) is 1.52. The number of rotatable bonds is 5. The molecule has 0 aromatic carbocycles. The normalized spacial score (nSPS) is 11.3. The van der Waals surface area contributed by atoms with Crippen molar-refractivity contribution >= 4 is 23.0 Å². The molecule has 1 aromatic rings. The Morgan fingerprint density at radius 1 is 1.44 bits per heavy atom. The molecule has 7 heteroatoms. The number of alkyl halides is 3. The van der Waals surface area contributed by atoms with Crippen LogP contribution in [0, 0.1) is 6.92 Å². The van der Waals surface area contributed by atoms with Crippen molar-refractivity contribution in [1.29, 1.82) is 0 Å². The number of aryl methyl sites for hydroxylation is 1. The van der Waals surface area contributed by atoms with Gasteiger partial charge in [-0.25, -0.2) is 4.98 Å². The van der Waals surface area contributed by atoms with E-state index in [0.29, 0.717) is 17.1 Å². The lowest BCUT2D eigenvalue weighted by Gasteiger charge is -2.09. The van der Waals surface area contributed by atoms with E-state index in [1.165, 1.54) is 0 Å². The topological polar surface area (TPSA) is 50.9 Å². The lowest BCUT2D eigenvalue weighted by Crippen LogP contribution is -2.13. The van der Waals surface area contributed by atoms with Crippen LogP contribution in [0.2, 0.25) is 0 Å². The molecule has 0 saturated carbocycles.